The van der Waals surface area contributed by atoms with Gasteiger partial charge in [-0.25, -0.2) is 9.97 Å². The average Bonchev–Trinajstić information content (AvgIpc) is 2.69. The van der Waals surface area contributed by atoms with E-state index in [0.717, 1.165) is 23.4 Å². The van der Waals surface area contributed by atoms with Gasteiger partial charge in [0.25, 0.3) is 5.91 Å². The molecule has 0 saturated carbocycles. The van der Waals surface area contributed by atoms with Crippen molar-refractivity contribution in [2.24, 2.45) is 0 Å². The molecular weight excluding hydrogens is 360 g/mol. The van der Waals surface area contributed by atoms with E-state index in [1.165, 1.54) is 0 Å². The van der Waals surface area contributed by atoms with Crippen LogP contribution in [-0.2, 0) is 6.42 Å². The van der Waals surface area contributed by atoms with Crippen LogP contribution in [0.5, 0.6) is 0 Å². The molecule has 2 aromatic carbocycles. The van der Waals surface area contributed by atoms with Crippen molar-refractivity contribution in [3.05, 3.63) is 82.6 Å². The number of rotatable bonds is 6. The summed E-state index contributed by atoms with van der Waals surface area (Å²) >= 11 is 5.89. The van der Waals surface area contributed by atoms with Gasteiger partial charge in [0.1, 0.15) is 5.69 Å². The fourth-order valence-corrected chi connectivity index (χ4v) is 2.77. The largest absolute Gasteiger partial charge is 0.350 e. The number of anilines is 2. The molecular formula is C21H21ClN4O. The lowest BCUT2D eigenvalue weighted by molar-refractivity contribution is 0.0949. The molecule has 27 heavy (non-hydrogen) atoms. The molecule has 6 heteroatoms. The summed E-state index contributed by atoms with van der Waals surface area (Å²) in [5.74, 6) is 0.279. The first kappa shape index (κ1) is 18.9. The van der Waals surface area contributed by atoms with E-state index in [1.54, 1.807) is 6.07 Å². The van der Waals surface area contributed by atoms with Gasteiger partial charge < -0.3 is 10.2 Å². The third kappa shape index (κ3) is 5.05. The van der Waals surface area contributed by atoms with Gasteiger partial charge in [0.15, 0.2) is 0 Å². The summed E-state index contributed by atoms with van der Waals surface area (Å²) in [6.45, 7) is 2.38. The van der Waals surface area contributed by atoms with Crippen LogP contribution in [0.15, 0.2) is 60.7 Å². The third-order valence-corrected chi connectivity index (χ3v) is 4.38. The monoisotopic (exact) mass is 380 g/mol. The first-order chi connectivity index (χ1) is 13.0. The van der Waals surface area contributed by atoms with Gasteiger partial charge in [0.05, 0.1) is 0 Å². The Labute approximate surface area is 164 Å². The van der Waals surface area contributed by atoms with Gasteiger partial charge in [-0.05, 0) is 49.2 Å². The molecule has 0 aliphatic rings. The number of aryl methyl sites for hydroxylation is 1. The third-order valence-electron chi connectivity index (χ3n) is 4.13. The molecule has 0 radical (unpaired) electrons. The molecule has 1 amide bonds. The number of nitrogens with one attached hydrogen (secondary N) is 1. The zero-order valence-corrected chi connectivity index (χ0v) is 16.1. The lowest BCUT2D eigenvalue weighted by Gasteiger charge is -2.18. The van der Waals surface area contributed by atoms with Crippen LogP contribution in [0, 0.1) is 6.92 Å². The minimum atomic E-state index is -0.211. The number of amides is 1. The Bertz CT molecular complexity index is 913. The average molecular weight is 381 g/mol. The smallest absolute Gasteiger partial charge is 0.270 e. The second-order valence-electron chi connectivity index (χ2n) is 6.22. The molecule has 0 bridgehead atoms. The van der Waals surface area contributed by atoms with Crippen molar-refractivity contribution >= 4 is 29.1 Å². The van der Waals surface area contributed by atoms with E-state index in [-0.39, 0.29) is 5.91 Å². The topological polar surface area (TPSA) is 58.1 Å². The first-order valence-electron chi connectivity index (χ1n) is 8.70. The molecule has 138 valence electrons. The number of carbonyl (C=O) groups is 1. The zero-order chi connectivity index (χ0) is 19.2. The van der Waals surface area contributed by atoms with Crippen LogP contribution >= 0.6 is 11.6 Å². The van der Waals surface area contributed by atoms with Gasteiger partial charge >= 0.3 is 0 Å². The van der Waals surface area contributed by atoms with Crippen molar-refractivity contribution in [1.29, 1.82) is 0 Å². The van der Waals surface area contributed by atoms with Crippen molar-refractivity contribution in [2.75, 3.05) is 18.5 Å². The predicted molar refractivity (Wildman–Crippen MR) is 109 cm³/mol. The molecule has 3 rings (SSSR count). The van der Waals surface area contributed by atoms with E-state index in [2.05, 4.69) is 15.3 Å². The van der Waals surface area contributed by atoms with Crippen LogP contribution in [-0.4, -0.2) is 29.5 Å². The van der Waals surface area contributed by atoms with Crippen molar-refractivity contribution in [3.63, 3.8) is 0 Å². The normalized spacial score (nSPS) is 10.5. The Morgan fingerprint density at radius 1 is 1.07 bits per heavy atom. The highest BCUT2D eigenvalue weighted by Gasteiger charge is 2.13. The summed E-state index contributed by atoms with van der Waals surface area (Å²) in [6, 6.07) is 19.1. The van der Waals surface area contributed by atoms with Crippen LogP contribution in [0.3, 0.4) is 0 Å². The number of hydrogen-bond acceptors (Lipinski definition) is 4. The predicted octanol–water partition coefficient (Wildman–Crippen LogP) is 4.18. The molecule has 0 fully saturated rings. The Morgan fingerprint density at radius 2 is 1.78 bits per heavy atom. The van der Waals surface area contributed by atoms with E-state index in [9.17, 15) is 4.79 Å². The van der Waals surface area contributed by atoms with E-state index in [1.807, 2.05) is 73.5 Å². The number of carbonyl (C=O) groups excluding carboxylic acids is 1. The van der Waals surface area contributed by atoms with Gasteiger partial charge in [0.2, 0.25) is 5.95 Å². The van der Waals surface area contributed by atoms with E-state index in [4.69, 9.17) is 11.6 Å². The number of nitrogens with zero attached hydrogens (tertiary/aromatic N) is 3. The number of halogens is 1. The van der Waals surface area contributed by atoms with Gasteiger partial charge in [-0.1, -0.05) is 41.9 Å². The van der Waals surface area contributed by atoms with Crippen LogP contribution in [0.25, 0.3) is 0 Å². The van der Waals surface area contributed by atoms with Crippen molar-refractivity contribution in [1.82, 2.24) is 15.3 Å². The first-order valence-corrected chi connectivity index (χ1v) is 9.08. The summed E-state index contributed by atoms with van der Waals surface area (Å²) in [6.07, 6.45) is 0.726. The minimum Gasteiger partial charge on any atom is -0.350 e. The number of hydrogen-bond donors (Lipinski definition) is 1. The Kier molecular flexibility index (Phi) is 6.04. The molecule has 5 nitrogen and oxygen atoms in total. The standard InChI is InChI=1S/C21H21ClN4O/c1-15-14-19(20(27)23-13-12-16-8-10-17(22)11-9-16)25-21(24-15)26(2)18-6-4-3-5-7-18/h3-11,14H,12-13H2,1-2H3,(H,23,27). The number of para-hydroxylation sites is 1. The molecule has 3 aromatic rings. The number of benzene rings is 2. The van der Waals surface area contributed by atoms with E-state index >= 15 is 0 Å². The lowest BCUT2D eigenvalue weighted by atomic mass is 10.1. The van der Waals surface area contributed by atoms with E-state index < -0.39 is 0 Å². The van der Waals surface area contributed by atoms with Crippen LogP contribution in [0.1, 0.15) is 21.7 Å². The second kappa shape index (κ2) is 8.64. The molecule has 0 aliphatic carbocycles. The molecule has 0 atom stereocenters. The van der Waals surface area contributed by atoms with Crippen molar-refractivity contribution < 1.29 is 4.79 Å². The highest BCUT2D eigenvalue weighted by atomic mass is 35.5. The Hall–Kier alpha value is -2.92. The summed E-state index contributed by atoms with van der Waals surface area (Å²) in [5.41, 5.74) is 3.17. The van der Waals surface area contributed by atoms with Crippen LogP contribution < -0.4 is 10.2 Å². The molecule has 0 spiro atoms. The SMILES string of the molecule is Cc1cc(C(=O)NCCc2ccc(Cl)cc2)nc(N(C)c2ccccc2)n1. The zero-order valence-electron chi connectivity index (χ0n) is 15.3. The minimum absolute atomic E-state index is 0.211. The highest BCUT2D eigenvalue weighted by molar-refractivity contribution is 6.30. The summed E-state index contributed by atoms with van der Waals surface area (Å²) < 4.78 is 0. The van der Waals surface area contributed by atoms with Gasteiger partial charge in [-0.15, -0.1) is 0 Å². The van der Waals surface area contributed by atoms with E-state index in [0.29, 0.717) is 23.2 Å². The quantitative estimate of drug-likeness (QED) is 0.697. The van der Waals surface area contributed by atoms with Crippen LogP contribution in [0.4, 0.5) is 11.6 Å². The fraction of sp³-hybridized carbons (Fsp3) is 0.190. The lowest BCUT2D eigenvalue weighted by Crippen LogP contribution is -2.27. The maximum atomic E-state index is 12.5. The molecule has 0 saturated heterocycles. The number of aromatic nitrogens is 2. The Balaban J connectivity index is 1.67. The maximum Gasteiger partial charge on any atom is 0.270 e. The summed E-state index contributed by atoms with van der Waals surface area (Å²) in [5, 5.41) is 3.62. The van der Waals surface area contributed by atoms with Gasteiger partial charge in [0, 0.05) is 30.0 Å². The fourth-order valence-electron chi connectivity index (χ4n) is 2.65. The van der Waals surface area contributed by atoms with Crippen molar-refractivity contribution in [3.8, 4) is 0 Å². The second-order valence-corrected chi connectivity index (χ2v) is 6.66. The molecule has 0 unspecified atom stereocenters. The molecule has 0 aliphatic heterocycles. The highest BCUT2D eigenvalue weighted by Crippen LogP contribution is 2.20. The van der Waals surface area contributed by atoms with Gasteiger partial charge in [-0.3, -0.25) is 4.79 Å². The molecule has 1 aromatic heterocycles. The molecule has 1 N–H and O–H groups in total. The van der Waals surface area contributed by atoms with Gasteiger partial charge in [-0.2, -0.15) is 0 Å². The molecule has 1 heterocycles. The van der Waals surface area contributed by atoms with Crippen LogP contribution in [0.2, 0.25) is 5.02 Å². The summed E-state index contributed by atoms with van der Waals surface area (Å²) in [7, 11) is 1.88. The van der Waals surface area contributed by atoms with Crippen molar-refractivity contribution in [2.45, 2.75) is 13.3 Å². The maximum absolute atomic E-state index is 12.5. The summed E-state index contributed by atoms with van der Waals surface area (Å²) in [4.78, 5) is 23.3. The Morgan fingerprint density at radius 3 is 2.48 bits per heavy atom.